The zero-order chi connectivity index (χ0) is 18.8. The summed E-state index contributed by atoms with van der Waals surface area (Å²) in [5.41, 5.74) is 3.60. The van der Waals surface area contributed by atoms with Crippen LogP contribution in [0.1, 0.15) is 34.3 Å². The molecular weight excluding hydrogens is 340 g/mol. The zero-order valence-corrected chi connectivity index (χ0v) is 15.3. The summed E-state index contributed by atoms with van der Waals surface area (Å²) in [6, 6.07) is 15.1. The standard InChI is InChI=1S/C22H22N2O3/c1-15-9-10-19-17(12-15)18(13-23-19)21(25)20-8-5-11-24(20)22(26)27-14-16-6-3-2-4-7-16/h2-4,6-7,9-10,12-13,20,23H,5,8,11,14H2,1H3/t20-/m0/s1. The predicted molar refractivity (Wildman–Crippen MR) is 104 cm³/mol. The molecule has 5 nitrogen and oxygen atoms in total. The molecule has 0 unspecified atom stereocenters. The average Bonchev–Trinajstić information content (AvgIpc) is 3.33. The summed E-state index contributed by atoms with van der Waals surface area (Å²) in [4.78, 5) is 30.4. The number of amides is 1. The van der Waals surface area contributed by atoms with Gasteiger partial charge in [0.1, 0.15) is 6.61 Å². The minimum Gasteiger partial charge on any atom is -0.445 e. The summed E-state index contributed by atoms with van der Waals surface area (Å²) in [6.45, 7) is 2.76. The van der Waals surface area contributed by atoms with Crippen LogP contribution in [0.2, 0.25) is 0 Å². The SMILES string of the molecule is Cc1ccc2[nH]cc(C(=O)[C@@H]3CCCN3C(=O)OCc3ccccc3)c2c1. The number of aromatic nitrogens is 1. The molecule has 1 N–H and O–H groups in total. The number of carbonyl (C=O) groups is 2. The van der Waals surface area contributed by atoms with Crippen molar-refractivity contribution in [3.8, 4) is 0 Å². The van der Waals surface area contributed by atoms with Crippen LogP contribution in [0.15, 0.2) is 54.7 Å². The topological polar surface area (TPSA) is 62.4 Å². The molecule has 3 aromatic rings. The van der Waals surface area contributed by atoms with Crippen molar-refractivity contribution in [3.05, 3.63) is 71.4 Å². The Morgan fingerprint density at radius 3 is 2.81 bits per heavy atom. The van der Waals surface area contributed by atoms with Gasteiger partial charge in [-0.2, -0.15) is 0 Å². The second-order valence-electron chi connectivity index (χ2n) is 7.01. The summed E-state index contributed by atoms with van der Waals surface area (Å²) in [5, 5.41) is 0.907. The van der Waals surface area contributed by atoms with E-state index in [4.69, 9.17) is 4.74 Å². The summed E-state index contributed by atoms with van der Waals surface area (Å²) in [6.07, 6.45) is 2.79. The Hall–Kier alpha value is -3.08. The van der Waals surface area contributed by atoms with E-state index in [9.17, 15) is 9.59 Å². The number of nitrogens with one attached hydrogen (secondary N) is 1. The Morgan fingerprint density at radius 1 is 1.19 bits per heavy atom. The number of hydrogen-bond donors (Lipinski definition) is 1. The molecule has 1 amide bonds. The van der Waals surface area contributed by atoms with Crippen molar-refractivity contribution in [2.75, 3.05) is 6.54 Å². The number of ketones is 1. The predicted octanol–water partition coefficient (Wildman–Crippen LogP) is 4.46. The highest BCUT2D eigenvalue weighted by Crippen LogP contribution is 2.27. The van der Waals surface area contributed by atoms with Gasteiger partial charge in [-0.15, -0.1) is 0 Å². The third kappa shape index (κ3) is 3.45. The lowest BCUT2D eigenvalue weighted by Gasteiger charge is -2.23. The quantitative estimate of drug-likeness (QED) is 0.697. The van der Waals surface area contributed by atoms with Crippen LogP contribution < -0.4 is 0 Å². The fraction of sp³-hybridized carbons (Fsp3) is 0.273. The molecule has 0 radical (unpaired) electrons. The molecule has 27 heavy (non-hydrogen) atoms. The van der Waals surface area contributed by atoms with Crippen molar-refractivity contribution in [1.29, 1.82) is 0 Å². The average molecular weight is 362 g/mol. The molecule has 1 aliphatic rings. The molecule has 0 aliphatic carbocycles. The molecule has 0 bridgehead atoms. The number of likely N-dealkylation sites (tertiary alicyclic amines) is 1. The fourth-order valence-electron chi connectivity index (χ4n) is 3.68. The molecule has 1 aliphatic heterocycles. The van der Waals surface area contributed by atoms with Gasteiger partial charge in [-0.3, -0.25) is 9.69 Å². The van der Waals surface area contributed by atoms with Crippen LogP contribution in [0.5, 0.6) is 0 Å². The number of benzene rings is 2. The van der Waals surface area contributed by atoms with Gasteiger partial charge in [0.05, 0.1) is 6.04 Å². The number of Topliss-reactive ketones (excluding diaryl/α,β-unsaturated/α-hetero) is 1. The number of ether oxygens (including phenoxy) is 1. The van der Waals surface area contributed by atoms with Crippen LogP contribution >= 0.6 is 0 Å². The van der Waals surface area contributed by atoms with Crippen molar-refractivity contribution < 1.29 is 14.3 Å². The molecule has 1 atom stereocenters. The number of nitrogens with zero attached hydrogens (tertiary/aromatic N) is 1. The summed E-state index contributed by atoms with van der Waals surface area (Å²) >= 11 is 0. The van der Waals surface area contributed by atoms with E-state index in [1.807, 2.05) is 55.5 Å². The van der Waals surface area contributed by atoms with Crippen LogP contribution in [-0.4, -0.2) is 34.3 Å². The molecule has 138 valence electrons. The lowest BCUT2D eigenvalue weighted by atomic mass is 10.0. The molecule has 0 spiro atoms. The van der Waals surface area contributed by atoms with E-state index < -0.39 is 12.1 Å². The second-order valence-corrected chi connectivity index (χ2v) is 7.01. The van der Waals surface area contributed by atoms with Gasteiger partial charge in [0.2, 0.25) is 0 Å². The lowest BCUT2D eigenvalue weighted by molar-refractivity contribution is 0.0739. The van der Waals surface area contributed by atoms with Crippen LogP contribution in [0, 0.1) is 6.92 Å². The maximum absolute atomic E-state index is 13.2. The van der Waals surface area contributed by atoms with E-state index in [-0.39, 0.29) is 12.4 Å². The Kier molecular flexibility index (Phi) is 4.67. The van der Waals surface area contributed by atoms with E-state index in [0.717, 1.165) is 28.5 Å². The number of carbonyl (C=O) groups excluding carboxylic acids is 2. The molecule has 1 saturated heterocycles. The van der Waals surface area contributed by atoms with Crippen molar-refractivity contribution in [2.24, 2.45) is 0 Å². The molecule has 4 rings (SSSR count). The number of H-pyrrole nitrogens is 1. The molecule has 0 saturated carbocycles. The lowest BCUT2D eigenvalue weighted by Crippen LogP contribution is -2.40. The maximum atomic E-state index is 13.2. The third-order valence-electron chi connectivity index (χ3n) is 5.10. The summed E-state index contributed by atoms with van der Waals surface area (Å²) < 4.78 is 5.44. The number of aryl methyl sites for hydroxylation is 1. The van der Waals surface area contributed by atoms with Crippen molar-refractivity contribution in [1.82, 2.24) is 9.88 Å². The minimum absolute atomic E-state index is 0.0268. The molecule has 1 aromatic heterocycles. The van der Waals surface area contributed by atoms with Crippen molar-refractivity contribution in [3.63, 3.8) is 0 Å². The van der Waals surface area contributed by atoms with Crippen molar-refractivity contribution >= 4 is 22.8 Å². The fourth-order valence-corrected chi connectivity index (χ4v) is 3.68. The molecule has 1 fully saturated rings. The first-order valence-electron chi connectivity index (χ1n) is 9.23. The van der Waals surface area contributed by atoms with Crippen molar-refractivity contribution in [2.45, 2.75) is 32.4 Å². The van der Waals surface area contributed by atoms with Crippen LogP contribution in [0.25, 0.3) is 10.9 Å². The Bertz CT molecular complexity index is 978. The Morgan fingerprint density at radius 2 is 2.00 bits per heavy atom. The molecule has 5 heteroatoms. The largest absolute Gasteiger partial charge is 0.445 e. The van der Waals surface area contributed by atoms with E-state index >= 15 is 0 Å². The van der Waals surface area contributed by atoms with Gasteiger partial charge in [-0.05, 0) is 37.5 Å². The second kappa shape index (κ2) is 7.27. The minimum atomic E-state index is -0.465. The highest BCUT2D eigenvalue weighted by atomic mass is 16.6. The van der Waals surface area contributed by atoms with E-state index in [1.54, 1.807) is 11.1 Å². The van der Waals surface area contributed by atoms with E-state index in [2.05, 4.69) is 4.98 Å². The number of rotatable bonds is 4. The maximum Gasteiger partial charge on any atom is 0.410 e. The molecule has 2 heterocycles. The van der Waals surface area contributed by atoms with Gasteiger partial charge in [0.15, 0.2) is 5.78 Å². The van der Waals surface area contributed by atoms with Crippen LogP contribution in [-0.2, 0) is 11.3 Å². The molecular formula is C22H22N2O3. The smallest absolute Gasteiger partial charge is 0.410 e. The molecule has 2 aromatic carbocycles. The number of hydrogen-bond acceptors (Lipinski definition) is 3. The Balaban J connectivity index is 1.51. The first-order valence-corrected chi connectivity index (χ1v) is 9.23. The van der Waals surface area contributed by atoms with Gasteiger partial charge >= 0.3 is 6.09 Å². The van der Waals surface area contributed by atoms with Crippen LogP contribution in [0.4, 0.5) is 4.79 Å². The zero-order valence-electron chi connectivity index (χ0n) is 15.3. The highest BCUT2D eigenvalue weighted by molar-refractivity contribution is 6.11. The summed E-state index contributed by atoms with van der Waals surface area (Å²) in [7, 11) is 0. The van der Waals surface area contributed by atoms with Gasteiger partial charge in [-0.25, -0.2) is 4.79 Å². The van der Waals surface area contributed by atoms with Gasteiger partial charge in [0.25, 0.3) is 0 Å². The van der Waals surface area contributed by atoms with Gasteiger partial charge < -0.3 is 9.72 Å². The third-order valence-corrected chi connectivity index (χ3v) is 5.10. The number of fused-ring (bicyclic) bond motifs is 1. The van der Waals surface area contributed by atoms with E-state index in [0.29, 0.717) is 18.5 Å². The first-order chi connectivity index (χ1) is 13.1. The first kappa shape index (κ1) is 17.3. The summed E-state index contributed by atoms with van der Waals surface area (Å²) in [5.74, 6) is -0.0268. The Labute approximate surface area is 157 Å². The normalized spacial score (nSPS) is 16.6. The van der Waals surface area contributed by atoms with Gasteiger partial charge in [-0.1, -0.05) is 42.0 Å². The highest BCUT2D eigenvalue weighted by Gasteiger charge is 2.36. The van der Waals surface area contributed by atoms with Gasteiger partial charge in [0, 0.05) is 29.2 Å². The van der Waals surface area contributed by atoms with Crippen LogP contribution in [0.3, 0.4) is 0 Å². The van der Waals surface area contributed by atoms with E-state index in [1.165, 1.54) is 0 Å². The monoisotopic (exact) mass is 362 g/mol. The number of aromatic amines is 1.